The second kappa shape index (κ2) is 5.42. The molecule has 5 heteroatoms. The lowest BCUT2D eigenvalue weighted by Gasteiger charge is -2.14. The van der Waals surface area contributed by atoms with Crippen LogP contribution in [0.5, 0.6) is 0 Å². The maximum atomic E-state index is 3.90. The minimum Gasteiger partial charge on any atom is -0.305 e. The summed E-state index contributed by atoms with van der Waals surface area (Å²) in [6.07, 6.45) is 1.78. The van der Waals surface area contributed by atoms with Crippen LogP contribution in [0.15, 0.2) is 34.9 Å². The molecule has 2 aromatic rings. The van der Waals surface area contributed by atoms with E-state index in [0.29, 0.717) is 6.04 Å². The van der Waals surface area contributed by atoms with Crippen molar-refractivity contribution in [1.82, 2.24) is 20.3 Å². The van der Waals surface area contributed by atoms with E-state index < -0.39 is 0 Å². The molecule has 1 unspecified atom stereocenters. The van der Waals surface area contributed by atoms with Gasteiger partial charge in [-0.25, -0.2) is 0 Å². The number of rotatable bonds is 4. The van der Waals surface area contributed by atoms with Crippen molar-refractivity contribution in [2.24, 2.45) is 7.05 Å². The molecule has 0 fully saturated rings. The van der Waals surface area contributed by atoms with Crippen molar-refractivity contribution in [1.29, 1.82) is 0 Å². The molecule has 0 aliphatic rings. The number of halogens is 1. The lowest BCUT2D eigenvalue weighted by molar-refractivity contribution is 0.546. The highest BCUT2D eigenvalue weighted by molar-refractivity contribution is 9.10. The Kier molecular flexibility index (Phi) is 3.91. The molecule has 17 heavy (non-hydrogen) atoms. The van der Waals surface area contributed by atoms with Crippen LogP contribution in [-0.4, -0.2) is 15.0 Å². The quantitative estimate of drug-likeness (QED) is 0.942. The fraction of sp³-hybridized carbons (Fsp3) is 0.333. The van der Waals surface area contributed by atoms with Crippen molar-refractivity contribution in [3.63, 3.8) is 0 Å². The molecule has 0 aliphatic carbocycles. The zero-order valence-electron chi connectivity index (χ0n) is 9.89. The van der Waals surface area contributed by atoms with E-state index in [-0.39, 0.29) is 0 Å². The summed E-state index contributed by atoms with van der Waals surface area (Å²) in [5, 5.41) is 11.2. The second-order valence-corrected chi connectivity index (χ2v) is 4.92. The topological polar surface area (TPSA) is 42.7 Å². The summed E-state index contributed by atoms with van der Waals surface area (Å²) in [6.45, 7) is 2.91. The third kappa shape index (κ3) is 3.14. The van der Waals surface area contributed by atoms with Crippen LogP contribution in [0, 0.1) is 0 Å². The van der Waals surface area contributed by atoms with Crippen molar-refractivity contribution >= 4 is 15.9 Å². The van der Waals surface area contributed by atoms with Crippen molar-refractivity contribution in [2.45, 2.75) is 19.5 Å². The van der Waals surface area contributed by atoms with E-state index in [0.717, 1.165) is 16.7 Å². The molecular weight excluding hydrogens is 280 g/mol. The van der Waals surface area contributed by atoms with Crippen LogP contribution in [0.2, 0.25) is 0 Å². The van der Waals surface area contributed by atoms with Gasteiger partial charge in [0.25, 0.3) is 0 Å². The first-order valence-electron chi connectivity index (χ1n) is 5.49. The number of aryl methyl sites for hydroxylation is 1. The van der Waals surface area contributed by atoms with Gasteiger partial charge in [0.2, 0.25) is 0 Å². The van der Waals surface area contributed by atoms with Crippen LogP contribution in [-0.2, 0) is 13.6 Å². The van der Waals surface area contributed by atoms with Gasteiger partial charge in [0, 0.05) is 24.1 Å². The fourth-order valence-corrected chi connectivity index (χ4v) is 2.04. The molecule has 1 aromatic heterocycles. The average molecular weight is 295 g/mol. The van der Waals surface area contributed by atoms with Gasteiger partial charge in [-0.15, -0.1) is 5.10 Å². The van der Waals surface area contributed by atoms with E-state index in [4.69, 9.17) is 0 Å². The van der Waals surface area contributed by atoms with Crippen molar-refractivity contribution < 1.29 is 0 Å². The summed E-state index contributed by atoms with van der Waals surface area (Å²) in [4.78, 5) is 0. The van der Waals surface area contributed by atoms with Crippen LogP contribution >= 0.6 is 15.9 Å². The predicted octanol–water partition coefficient (Wildman–Crippen LogP) is 2.43. The van der Waals surface area contributed by atoms with E-state index in [9.17, 15) is 0 Å². The Hall–Kier alpha value is -1.20. The van der Waals surface area contributed by atoms with Crippen LogP contribution in [0.1, 0.15) is 24.2 Å². The molecule has 0 saturated carbocycles. The van der Waals surface area contributed by atoms with Gasteiger partial charge in [0.1, 0.15) is 0 Å². The van der Waals surface area contributed by atoms with Crippen LogP contribution in [0.4, 0.5) is 0 Å². The molecule has 90 valence electrons. The standard InChI is InChI=1S/C12H15BrN4/c1-9(10-4-3-5-11(13)6-10)14-7-12-8-15-16-17(12)2/h3-6,8-9,14H,7H2,1-2H3. The summed E-state index contributed by atoms with van der Waals surface area (Å²) in [6, 6.07) is 8.61. The van der Waals surface area contributed by atoms with Crippen LogP contribution < -0.4 is 5.32 Å². The van der Waals surface area contributed by atoms with Gasteiger partial charge in [-0.2, -0.15) is 0 Å². The highest BCUT2D eigenvalue weighted by atomic mass is 79.9. The molecule has 1 heterocycles. The number of hydrogen-bond acceptors (Lipinski definition) is 3. The lowest BCUT2D eigenvalue weighted by atomic mass is 10.1. The largest absolute Gasteiger partial charge is 0.305 e. The molecule has 0 bridgehead atoms. The zero-order chi connectivity index (χ0) is 12.3. The molecular formula is C12H15BrN4. The average Bonchev–Trinajstić information content (AvgIpc) is 2.72. The molecule has 2 rings (SSSR count). The number of benzene rings is 1. The molecule has 0 spiro atoms. The first kappa shape index (κ1) is 12.3. The minimum absolute atomic E-state index is 0.294. The Morgan fingerprint density at radius 2 is 2.29 bits per heavy atom. The molecule has 1 atom stereocenters. The zero-order valence-corrected chi connectivity index (χ0v) is 11.5. The molecule has 0 radical (unpaired) electrons. The van der Waals surface area contributed by atoms with Gasteiger partial charge in [0.15, 0.2) is 0 Å². The van der Waals surface area contributed by atoms with Gasteiger partial charge in [0.05, 0.1) is 11.9 Å². The van der Waals surface area contributed by atoms with E-state index in [1.54, 1.807) is 10.9 Å². The smallest absolute Gasteiger partial charge is 0.0738 e. The second-order valence-electron chi connectivity index (χ2n) is 4.01. The SMILES string of the molecule is CC(NCc1cnnn1C)c1cccc(Br)c1. The van der Waals surface area contributed by atoms with Gasteiger partial charge in [-0.3, -0.25) is 4.68 Å². The van der Waals surface area contributed by atoms with Gasteiger partial charge in [-0.1, -0.05) is 33.3 Å². The van der Waals surface area contributed by atoms with Crippen molar-refractivity contribution in [3.8, 4) is 0 Å². The van der Waals surface area contributed by atoms with Gasteiger partial charge in [-0.05, 0) is 24.6 Å². The summed E-state index contributed by atoms with van der Waals surface area (Å²) < 4.78 is 2.88. The highest BCUT2D eigenvalue weighted by Crippen LogP contribution is 2.18. The van der Waals surface area contributed by atoms with Gasteiger partial charge >= 0.3 is 0 Å². The van der Waals surface area contributed by atoms with E-state index in [1.165, 1.54) is 5.56 Å². The maximum absolute atomic E-state index is 3.90. The minimum atomic E-state index is 0.294. The van der Waals surface area contributed by atoms with Crippen LogP contribution in [0.25, 0.3) is 0 Å². The molecule has 0 amide bonds. The Morgan fingerprint density at radius 1 is 1.47 bits per heavy atom. The maximum Gasteiger partial charge on any atom is 0.0738 e. The number of hydrogen-bond donors (Lipinski definition) is 1. The molecule has 4 nitrogen and oxygen atoms in total. The first-order valence-corrected chi connectivity index (χ1v) is 6.28. The monoisotopic (exact) mass is 294 g/mol. The molecule has 0 aliphatic heterocycles. The third-order valence-electron chi connectivity index (χ3n) is 2.75. The first-order chi connectivity index (χ1) is 8.16. The Balaban J connectivity index is 1.98. The molecule has 0 saturated heterocycles. The summed E-state index contributed by atoms with van der Waals surface area (Å²) in [5.41, 5.74) is 2.33. The Morgan fingerprint density at radius 3 is 2.94 bits per heavy atom. The van der Waals surface area contributed by atoms with Crippen LogP contribution in [0.3, 0.4) is 0 Å². The molecule has 1 aromatic carbocycles. The van der Waals surface area contributed by atoms with Crippen molar-refractivity contribution in [2.75, 3.05) is 0 Å². The van der Waals surface area contributed by atoms with E-state index >= 15 is 0 Å². The summed E-state index contributed by atoms with van der Waals surface area (Å²) in [7, 11) is 1.90. The normalized spacial score (nSPS) is 12.6. The summed E-state index contributed by atoms with van der Waals surface area (Å²) >= 11 is 3.48. The van der Waals surface area contributed by atoms with E-state index in [2.05, 4.69) is 50.6 Å². The Bertz CT molecular complexity index is 495. The highest BCUT2D eigenvalue weighted by Gasteiger charge is 2.06. The lowest BCUT2D eigenvalue weighted by Crippen LogP contribution is -2.19. The number of nitrogens with zero attached hydrogens (tertiary/aromatic N) is 3. The fourth-order valence-electron chi connectivity index (χ4n) is 1.62. The third-order valence-corrected chi connectivity index (χ3v) is 3.24. The summed E-state index contributed by atoms with van der Waals surface area (Å²) in [5.74, 6) is 0. The Labute approximate surface area is 109 Å². The predicted molar refractivity (Wildman–Crippen MR) is 70.4 cm³/mol. The van der Waals surface area contributed by atoms with Crippen molar-refractivity contribution in [3.05, 3.63) is 46.2 Å². The number of aromatic nitrogens is 3. The van der Waals surface area contributed by atoms with E-state index in [1.807, 2.05) is 19.2 Å². The van der Waals surface area contributed by atoms with Gasteiger partial charge < -0.3 is 5.32 Å². The molecule has 1 N–H and O–H groups in total. The number of nitrogens with one attached hydrogen (secondary N) is 1.